The molecule has 0 aromatic heterocycles. The number of aldehydes is 1. The third kappa shape index (κ3) is 3.70. The lowest BCUT2D eigenvalue weighted by Gasteiger charge is -2.13. The topological polar surface area (TPSA) is 43.4 Å². The lowest BCUT2D eigenvalue weighted by molar-refractivity contribution is -0.127. The highest BCUT2D eigenvalue weighted by atomic mass is 16.5. The Morgan fingerprint density at radius 1 is 1.47 bits per heavy atom. The zero-order valence-corrected chi connectivity index (χ0v) is 8.99. The third-order valence-electron chi connectivity index (χ3n) is 2.32. The second kappa shape index (κ2) is 6.17. The number of unbranched alkanes of at least 4 members (excludes halogenated alkanes) is 1. The van der Waals surface area contributed by atoms with Crippen LogP contribution in [-0.2, 0) is 14.3 Å². The van der Waals surface area contributed by atoms with Gasteiger partial charge in [0.15, 0.2) is 6.29 Å². The number of hydrogen-bond acceptors (Lipinski definition) is 3. The number of carbonyl (C=O) groups is 2. The van der Waals surface area contributed by atoms with Crippen molar-refractivity contribution >= 4 is 12.1 Å². The van der Waals surface area contributed by atoms with Gasteiger partial charge in [-0.15, -0.1) is 0 Å². The summed E-state index contributed by atoms with van der Waals surface area (Å²) in [5, 5.41) is 0. The van der Waals surface area contributed by atoms with Crippen LogP contribution in [0.5, 0.6) is 0 Å². The first-order chi connectivity index (χ1) is 7.27. The molecule has 0 unspecified atom stereocenters. The van der Waals surface area contributed by atoms with Gasteiger partial charge in [-0.3, -0.25) is 9.59 Å². The van der Waals surface area contributed by atoms with Crippen LogP contribution in [0, 0.1) is 0 Å². The smallest absolute Gasteiger partial charge is 0.221 e. The van der Waals surface area contributed by atoms with E-state index in [2.05, 4.69) is 6.92 Å². The largest absolute Gasteiger partial charge is 0.498 e. The molecule has 0 aromatic rings. The fraction of sp³-hybridized carbons (Fsp3) is 0.500. The van der Waals surface area contributed by atoms with Crippen molar-refractivity contribution < 1.29 is 14.3 Å². The average Bonchev–Trinajstić information content (AvgIpc) is 2.29. The SMILES string of the molecule is CCCCOC1=CC=C(C(=O)C=O)CC1. The minimum Gasteiger partial charge on any atom is -0.498 e. The number of Topliss-reactive ketones (excluding diaryl/α,β-unsaturated/α-hetero) is 1. The van der Waals surface area contributed by atoms with Crippen molar-refractivity contribution in [2.45, 2.75) is 32.6 Å². The van der Waals surface area contributed by atoms with Crippen molar-refractivity contribution in [3.63, 3.8) is 0 Å². The van der Waals surface area contributed by atoms with Crippen molar-refractivity contribution in [2.75, 3.05) is 6.61 Å². The number of ketones is 1. The average molecular weight is 208 g/mol. The van der Waals surface area contributed by atoms with Crippen LogP contribution in [0.25, 0.3) is 0 Å². The third-order valence-corrected chi connectivity index (χ3v) is 2.32. The van der Waals surface area contributed by atoms with Crippen LogP contribution in [-0.4, -0.2) is 18.7 Å². The highest BCUT2D eigenvalue weighted by Crippen LogP contribution is 2.19. The van der Waals surface area contributed by atoms with Crippen LogP contribution in [0.3, 0.4) is 0 Å². The number of allylic oxidation sites excluding steroid dienone is 4. The summed E-state index contributed by atoms with van der Waals surface area (Å²) in [6, 6.07) is 0. The highest BCUT2D eigenvalue weighted by molar-refractivity contribution is 6.33. The Morgan fingerprint density at radius 2 is 2.27 bits per heavy atom. The fourth-order valence-electron chi connectivity index (χ4n) is 1.37. The molecule has 0 aliphatic heterocycles. The van der Waals surface area contributed by atoms with E-state index in [9.17, 15) is 9.59 Å². The van der Waals surface area contributed by atoms with E-state index < -0.39 is 5.78 Å². The zero-order chi connectivity index (χ0) is 11.1. The lowest BCUT2D eigenvalue weighted by atomic mass is 10.0. The van der Waals surface area contributed by atoms with E-state index in [4.69, 9.17) is 4.74 Å². The molecule has 0 amide bonds. The Kier molecular flexibility index (Phi) is 4.81. The van der Waals surface area contributed by atoms with Crippen molar-refractivity contribution in [1.29, 1.82) is 0 Å². The Hall–Kier alpha value is -1.38. The maximum absolute atomic E-state index is 11.0. The fourth-order valence-corrected chi connectivity index (χ4v) is 1.37. The molecule has 0 atom stereocenters. The second-order valence-corrected chi connectivity index (χ2v) is 3.51. The van der Waals surface area contributed by atoms with Gasteiger partial charge in [0.1, 0.15) is 0 Å². The van der Waals surface area contributed by atoms with E-state index in [0.717, 1.165) is 31.6 Å². The zero-order valence-electron chi connectivity index (χ0n) is 8.99. The standard InChI is InChI=1S/C12H16O3/c1-2-3-8-15-11-6-4-10(5-7-11)12(14)9-13/h4,6,9H,2-3,5,7-8H2,1H3. The summed E-state index contributed by atoms with van der Waals surface area (Å²) in [5.74, 6) is 0.491. The molecule has 3 nitrogen and oxygen atoms in total. The van der Waals surface area contributed by atoms with Gasteiger partial charge in [-0.2, -0.15) is 0 Å². The molecule has 0 heterocycles. The molecule has 0 bridgehead atoms. The van der Waals surface area contributed by atoms with E-state index in [1.165, 1.54) is 0 Å². The van der Waals surface area contributed by atoms with Crippen LogP contribution < -0.4 is 0 Å². The number of ether oxygens (including phenoxy) is 1. The minimum atomic E-state index is -0.418. The van der Waals surface area contributed by atoms with Crippen molar-refractivity contribution in [3.05, 3.63) is 23.5 Å². The van der Waals surface area contributed by atoms with Gasteiger partial charge in [-0.25, -0.2) is 0 Å². The molecule has 0 saturated heterocycles. The Morgan fingerprint density at radius 3 is 2.80 bits per heavy atom. The van der Waals surface area contributed by atoms with Gasteiger partial charge in [0.05, 0.1) is 12.4 Å². The summed E-state index contributed by atoms with van der Waals surface area (Å²) in [4.78, 5) is 21.3. The first kappa shape index (κ1) is 11.7. The molecule has 0 saturated carbocycles. The van der Waals surface area contributed by atoms with Gasteiger partial charge >= 0.3 is 0 Å². The van der Waals surface area contributed by atoms with E-state index in [1.54, 1.807) is 12.2 Å². The Labute approximate surface area is 89.8 Å². The molecule has 0 fully saturated rings. The predicted molar refractivity (Wildman–Crippen MR) is 57.3 cm³/mol. The number of hydrogen-bond donors (Lipinski definition) is 0. The van der Waals surface area contributed by atoms with Gasteiger partial charge in [0, 0.05) is 12.0 Å². The number of carbonyl (C=O) groups excluding carboxylic acids is 2. The van der Waals surface area contributed by atoms with Gasteiger partial charge in [-0.05, 0) is 18.9 Å². The highest BCUT2D eigenvalue weighted by Gasteiger charge is 2.12. The van der Waals surface area contributed by atoms with Gasteiger partial charge < -0.3 is 4.74 Å². The molecule has 1 aliphatic rings. The van der Waals surface area contributed by atoms with E-state index in [-0.39, 0.29) is 0 Å². The minimum absolute atomic E-state index is 0.364. The second-order valence-electron chi connectivity index (χ2n) is 3.51. The first-order valence-electron chi connectivity index (χ1n) is 5.30. The van der Waals surface area contributed by atoms with Crippen molar-refractivity contribution in [1.82, 2.24) is 0 Å². The summed E-state index contributed by atoms with van der Waals surface area (Å²) in [6.07, 6.45) is 7.31. The summed E-state index contributed by atoms with van der Waals surface area (Å²) >= 11 is 0. The molecule has 0 spiro atoms. The molecular weight excluding hydrogens is 192 g/mol. The summed E-state index contributed by atoms with van der Waals surface area (Å²) < 4.78 is 5.50. The quantitative estimate of drug-likeness (QED) is 0.381. The van der Waals surface area contributed by atoms with E-state index in [1.807, 2.05) is 0 Å². The molecule has 1 aliphatic carbocycles. The van der Waals surface area contributed by atoms with Crippen molar-refractivity contribution in [3.8, 4) is 0 Å². The van der Waals surface area contributed by atoms with E-state index in [0.29, 0.717) is 18.3 Å². The maximum Gasteiger partial charge on any atom is 0.221 e. The first-order valence-corrected chi connectivity index (χ1v) is 5.30. The summed E-state index contributed by atoms with van der Waals surface area (Å²) in [6.45, 7) is 2.84. The Bertz CT molecular complexity index is 300. The molecule has 0 N–H and O–H groups in total. The van der Waals surface area contributed by atoms with Crippen LogP contribution in [0.15, 0.2) is 23.5 Å². The molecule has 15 heavy (non-hydrogen) atoms. The molecule has 0 radical (unpaired) electrons. The molecule has 3 heteroatoms. The monoisotopic (exact) mass is 208 g/mol. The number of rotatable bonds is 6. The van der Waals surface area contributed by atoms with E-state index >= 15 is 0 Å². The molecule has 82 valence electrons. The summed E-state index contributed by atoms with van der Waals surface area (Å²) in [5.41, 5.74) is 0.577. The maximum atomic E-state index is 11.0. The van der Waals surface area contributed by atoms with Gasteiger partial charge in [-0.1, -0.05) is 19.4 Å². The molecular formula is C12H16O3. The van der Waals surface area contributed by atoms with Crippen LogP contribution in [0.1, 0.15) is 32.6 Å². The van der Waals surface area contributed by atoms with Crippen LogP contribution in [0.4, 0.5) is 0 Å². The normalized spacial score (nSPS) is 15.3. The van der Waals surface area contributed by atoms with Crippen LogP contribution >= 0.6 is 0 Å². The Balaban J connectivity index is 2.45. The van der Waals surface area contributed by atoms with Gasteiger partial charge in [0.25, 0.3) is 0 Å². The molecule has 0 aromatic carbocycles. The lowest BCUT2D eigenvalue weighted by Crippen LogP contribution is -2.07. The van der Waals surface area contributed by atoms with Gasteiger partial charge in [0.2, 0.25) is 5.78 Å². The molecule has 1 rings (SSSR count). The van der Waals surface area contributed by atoms with Crippen LogP contribution in [0.2, 0.25) is 0 Å². The van der Waals surface area contributed by atoms with Crippen molar-refractivity contribution in [2.24, 2.45) is 0 Å². The summed E-state index contributed by atoms with van der Waals surface area (Å²) in [7, 11) is 0. The predicted octanol–water partition coefficient (Wildman–Crippen LogP) is 2.18.